The third-order valence-corrected chi connectivity index (χ3v) is 5.77. The van der Waals surface area contributed by atoms with Gasteiger partial charge in [-0.15, -0.1) is 11.3 Å². The Balaban J connectivity index is 1.55. The number of hydrogen-bond acceptors (Lipinski definition) is 5. The first-order chi connectivity index (χ1) is 13.2. The number of nitrogens with zero attached hydrogens (tertiary/aromatic N) is 2. The second kappa shape index (κ2) is 8.17. The normalized spacial score (nSPS) is 17.8. The minimum absolute atomic E-state index is 0.144. The van der Waals surface area contributed by atoms with Crippen LogP contribution in [0.1, 0.15) is 17.3 Å². The van der Waals surface area contributed by atoms with Crippen molar-refractivity contribution < 1.29 is 9.13 Å². The van der Waals surface area contributed by atoms with E-state index in [0.29, 0.717) is 0 Å². The number of rotatable bonds is 5. The molecule has 1 atom stereocenters. The van der Waals surface area contributed by atoms with E-state index in [-0.39, 0.29) is 11.9 Å². The van der Waals surface area contributed by atoms with Gasteiger partial charge in [0.05, 0.1) is 18.4 Å². The number of benzene rings is 2. The maximum Gasteiger partial charge on any atom is 0.129 e. The molecule has 0 spiro atoms. The Morgan fingerprint density at radius 3 is 3.00 bits per heavy atom. The van der Waals surface area contributed by atoms with Crippen LogP contribution in [-0.2, 0) is 6.54 Å². The van der Waals surface area contributed by atoms with Crippen LogP contribution in [0, 0.1) is 5.82 Å². The van der Waals surface area contributed by atoms with Crippen LogP contribution >= 0.6 is 11.3 Å². The highest BCUT2D eigenvalue weighted by Gasteiger charge is 2.25. The molecule has 0 radical (unpaired) electrons. The number of thiazole rings is 1. The standard InChI is InChI=1S/C21H22FN3OS/c1-26-20-8-3-2-7-18(20)21-24-17(14-27-21)13-25-10-9-23-12-19(25)15-5-4-6-16(22)11-15/h2-8,11,14,19,23H,9-10,12-13H2,1H3. The third kappa shape index (κ3) is 4.03. The van der Waals surface area contributed by atoms with Crippen molar-refractivity contribution in [2.75, 3.05) is 26.7 Å². The van der Waals surface area contributed by atoms with Crippen LogP contribution in [0.25, 0.3) is 10.6 Å². The highest BCUT2D eigenvalue weighted by atomic mass is 32.1. The number of ether oxygens (including phenoxy) is 1. The van der Waals surface area contributed by atoms with Gasteiger partial charge in [-0.1, -0.05) is 24.3 Å². The number of para-hydroxylation sites is 1. The highest BCUT2D eigenvalue weighted by Crippen LogP contribution is 2.33. The van der Waals surface area contributed by atoms with Crippen molar-refractivity contribution in [3.05, 3.63) is 71.0 Å². The predicted octanol–water partition coefficient (Wildman–Crippen LogP) is 4.10. The molecule has 3 aromatic rings. The largest absolute Gasteiger partial charge is 0.496 e. The zero-order valence-corrected chi connectivity index (χ0v) is 16.0. The van der Waals surface area contributed by atoms with E-state index >= 15 is 0 Å². The lowest BCUT2D eigenvalue weighted by Gasteiger charge is -2.36. The molecule has 1 aliphatic heterocycles. The molecule has 0 aliphatic carbocycles. The van der Waals surface area contributed by atoms with Crippen LogP contribution in [-0.4, -0.2) is 36.6 Å². The summed E-state index contributed by atoms with van der Waals surface area (Å²) in [7, 11) is 1.68. The first-order valence-electron chi connectivity index (χ1n) is 9.02. The molecule has 140 valence electrons. The zero-order chi connectivity index (χ0) is 18.6. The monoisotopic (exact) mass is 383 g/mol. The number of aromatic nitrogens is 1. The Labute approximate surface area is 162 Å². The fourth-order valence-electron chi connectivity index (χ4n) is 3.51. The number of methoxy groups -OCH3 is 1. The quantitative estimate of drug-likeness (QED) is 0.720. The maximum atomic E-state index is 13.7. The Kier molecular flexibility index (Phi) is 5.48. The average molecular weight is 383 g/mol. The lowest BCUT2D eigenvalue weighted by atomic mass is 10.0. The molecule has 4 rings (SSSR count). The van der Waals surface area contributed by atoms with Crippen LogP contribution in [0.3, 0.4) is 0 Å². The van der Waals surface area contributed by atoms with Gasteiger partial charge in [-0.2, -0.15) is 0 Å². The van der Waals surface area contributed by atoms with E-state index in [1.807, 2.05) is 30.3 Å². The lowest BCUT2D eigenvalue weighted by Crippen LogP contribution is -2.45. The topological polar surface area (TPSA) is 37.4 Å². The molecule has 1 aromatic heterocycles. The van der Waals surface area contributed by atoms with Gasteiger partial charge in [0.15, 0.2) is 0 Å². The van der Waals surface area contributed by atoms with Crippen molar-refractivity contribution in [2.24, 2.45) is 0 Å². The van der Waals surface area contributed by atoms with Crippen molar-refractivity contribution in [2.45, 2.75) is 12.6 Å². The van der Waals surface area contributed by atoms with Crippen molar-refractivity contribution >= 4 is 11.3 Å². The smallest absolute Gasteiger partial charge is 0.129 e. The Morgan fingerprint density at radius 1 is 1.26 bits per heavy atom. The van der Waals surface area contributed by atoms with Crippen LogP contribution in [0.15, 0.2) is 53.9 Å². The molecule has 1 saturated heterocycles. The molecule has 0 saturated carbocycles. The van der Waals surface area contributed by atoms with Gasteiger partial charge in [0.2, 0.25) is 0 Å². The molecule has 2 aromatic carbocycles. The maximum absolute atomic E-state index is 13.7. The zero-order valence-electron chi connectivity index (χ0n) is 15.2. The number of nitrogens with one attached hydrogen (secondary N) is 1. The molecule has 0 amide bonds. The van der Waals surface area contributed by atoms with E-state index in [4.69, 9.17) is 9.72 Å². The number of halogens is 1. The first-order valence-corrected chi connectivity index (χ1v) is 9.90. The van der Waals surface area contributed by atoms with E-state index in [0.717, 1.165) is 53.8 Å². The molecule has 0 bridgehead atoms. The lowest BCUT2D eigenvalue weighted by molar-refractivity contribution is 0.152. The molecule has 4 nitrogen and oxygen atoms in total. The number of piperazine rings is 1. The molecular formula is C21H22FN3OS. The van der Waals surface area contributed by atoms with Gasteiger partial charge < -0.3 is 10.1 Å². The summed E-state index contributed by atoms with van der Waals surface area (Å²) in [6.45, 7) is 3.39. The van der Waals surface area contributed by atoms with Crippen molar-refractivity contribution in [3.63, 3.8) is 0 Å². The SMILES string of the molecule is COc1ccccc1-c1nc(CN2CCNCC2c2cccc(F)c2)cs1. The Morgan fingerprint density at radius 2 is 2.15 bits per heavy atom. The Hall–Kier alpha value is -2.28. The summed E-state index contributed by atoms with van der Waals surface area (Å²) in [6, 6.07) is 15.0. The van der Waals surface area contributed by atoms with Crippen molar-refractivity contribution in [3.8, 4) is 16.3 Å². The molecule has 1 N–H and O–H groups in total. The Bertz CT molecular complexity index is 914. The summed E-state index contributed by atoms with van der Waals surface area (Å²) in [6.07, 6.45) is 0. The van der Waals surface area contributed by atoms with Crippen LogP contribution in [0.2, 0.25) is 0 Å². The van der Waals surface area contributed by atoms with Gasteiger partial charge in [-0.25, -0.2) is 9.37 Å². The molecule has 1 aliphatic rings. The molecule has 2 heterocycles. The van der Waals surface area contributed by atoms with Crippen LogP contribution < -0.4 is 10.1 Å². The highest BCUT2D eigenvalue weighted by molar-refractivity contribution is 7.13. The third-order valence-electron chi connectivity index (χ3n) is 4.84. The van der Waals surface area contributed by atoms with Crippen LogP contribution in [0.5, 0.6) is 5.75 Å². The number of hydrogen-bond donors (Lipinski definition) is 1. The summed E-state index contributed by atoms with van der Waals surface area (Å²) in [5.41, 5.74) is 3.05. The minimum Gasteiger partial charge on any atom is -0.496 e. The summed E-state index contributed by atoms with van der Waals surface area (Å²) in [5, 5.41) is 6.48. The molecule has 27 heavy (non-hydrogen) atoms. The van der Waals surface area contributed by atoms with Gasteiger partial charge in [-0.3, -0.25) is 4.90 Å². The molecular weight excluding hydrogens is 361 g/mol. The van der Waals surface area contributed by atoms with E-state index in [2.05, 4.69) is 15.6 Å². The van der Waals surface area contributed by atoms with Gasteiger partial charge in [0, 0.05) is 37.6 Å². The second-order valence-electron chi connectivity index (χ2n) is 6.59. The van der Waals surface area contributed by atoms with Crippen LogP contribution in [0.4, 0.5) is 4.39 Å². The summed E-state index contributed by atoms with van der Waals surface area (Å²) in [5.74, 6) is 0.642. The van der Waals surface area contributed by atoms with Gasteiger partial charge >= 0.3 is 0 Å². The first kappa shape index (κ1) is 18.1. The van der Waals surface area contributed by atoms with E-state index in [9.17, 15) is 4.39 Å². The summed E-state index contributed by atoms with van der Waals surface area (Å²) >= 11 is 1.63. The molecule has 1 unspecified atom stereocenters. The average Bonchev–Trinajstić information content (AvgIpc) is 3.16. The summed E-state index contributed by atoms with van der Waals surface area (Å²) in [4.78, 5) is 7.20. The van der Waals surface area contributed by atoms with Gasteiger partial charge in [0.1, 0.15) is 16.6 Å². The van der Waals surface area contributed by atoms with E-state index in [1.54, 1.807) is 30.6 Å². The molecule has 6 heteroatoms. The predicted molar refractivity (Wildman–Crippen MR) is 107 cm³/mol. The fraction of sp³-hybridized carbons (Fsp3) is 0.286. The van der Waals surface area contributed by atoms with Crippen molar-refractivity contribution in [1.82, 2.24) is 15.2 Å². The minimum atomic E-state index is -0.190. The van der Waals surface area contributed by atoms with Crippen molar-refractivity contribution in [1.29, 1.82) is 0 Å². The summed E-state index contributed by atoms with van der Waals surface area (Å²) < 4.78 is 19.1. The van der Waals surface area contributed by atoms with Gasteiger partial charge in [0.25, 0.3) is 0 Å². The van der Waals surface area contributed by atoms with Gasteiger partial charge in [-0.05, 0) is 29.8 Å². The fourth-order valence-corrected chi connectivity index (χ4v) is 4.35. The molecule has 1 fully saturated rings. The van der Waals surface area contributed by atoms with E-state index in [1.165, 1.54) is 6.07 Å². The van der Waals surface area contributed by atoms with E-state index < -0.39 is 0 Å². The second-order valence-corrected chi connectivity index (χ2v) is 7.45.